The molecular weight excluding hydrogens is 218 g/mol. The molecule has 5 nitrogen and oxygen atoms in total. The Morgan fingerprint density at radius 2 is 2.35 bits per heavy atom. The monoisotopic (exact) mass is 243 g/mol. The predicted octanol–water partition coefficient (Wildman–Crippen LogP) is 0.567. The lowest BCUT2D eigenvalue weighted by molar-refractivity contribution is 0.151. The molecule has 1 aliphatic rings. The van der Waals surface area contributed by atoms with Crippen molar-refractivity contribution < 1.29 is 9.47 Å². The van der Waals surface area contributed by atoms with E-state index in [9.17, 15) is 0 Å². The maximum absolute atomic E-state index is 5.29. The second kappa shape index (κ2) is 8.31. The smallest absolute Gasteiger partial charge is 0.193 e. The van der Waals surface area contributed by atoms with Gasteiger partial charge in [-0.25, -0.2) is 0 Å². The minimum atomic E-state index is 0.630. The molecule has 0 spiro atoms. The van der Waals surface area contributed by atoms with Gasteiger partial charge in [0.1, 0.15) is 0 Å². The van der Waals surface area contributed by atoms with Gasteiger partial charge in [-0.15, -0.1) is 0 Å². The second-order valence-corrected chi connectivity index (χ2v) is 4.23. The number of likely N-dealkylation sites (tertiary alicyclic amines) is 1. The number of hydrogen-bond donors (Lipinski definition) is 1. The van der Waals surface area contributed by atoms with Gasteiger partial charge in [0.2, 0.25) is 0 Å². The van der Waals surface area contributed by atoms with Crippen LogP contribution in [-0.2, 0) is 9.47 Å². The summed E-state index contributed by atoms with van der Waals surface area (Å²) in [5.74, 6) is 1.61. The van der Waals surface area contributed by atoms with Gasteiger partial charge in [0.25, 0.3) is 0 Å². The number of ether oxygens (including phenoxy) is 2. The van der Waals surface area contributed by atoms with Gasteiger partial charge in [-0.1, -0.05) is 0 Å². The maximum atomic E-state index is 5.29. The van der Waals surface area contributed by atoms with Crippen LogP contribution in [0.1, 0.15) is 13.3 Å². The van der Waals surface area contributed by atoms with E-state index in [1.165, 1.54) is 6.42 Å². The molecule has 17 heavy (non-hydrogen) atoms. The third-order valence-electron chi connectivity index (χ3n) is 2.93. The molecule has 0 aromatic carbocycles. The fourth-order valence-corrected chi connectivity index (χ4v) is 2.11. The molecule has 100 valence electrons. The van der Waals surface area contributed by atoms with Gasteiger partial charge in [0.15, 0.2) is 5.96 Å². The van der Waals surface area contributed by atoms with E-state index in [1.807, 2.05) is 14.0 Å². The third kappa shape index (κ3) is 4.91. The molecule has 0 aromatic heterocycles. The highest BCUT2D eigenvalue weighted by molar-refractivity contribution is 5.80. The Morgan fingerprint density at radius 1 is 1.53 bits per heavy atom. The van der Waals surface area contributed by atoms with Crippen molar-refractivity contribution in [3.63, 3.8) is 0 Å². The number of rotatable bonds is 6. The van der Waals surface area contributed by atoms with Crippen LogP contribution in [0.2, 0.25) is 0 Å². The van der Waals surface area contributed by atoms with Crippen molar-refractivity contribution in [2.45, 2.75) is 13.3 Å². The minimum Gasteiger partial charge on any atom is -0.384 e. The summed E-state index contributed by atoms with van der Waals surface area (Å²) in [6.45, 7) is 7.23. The number of nitrogens with one attached hydrogen (secondary N) is 1. The van der Waals surface area contributed by atoms with Crippen molar-refractivity contribution in [2.75, 3.05) is 53.6 Å². The maximum Gasteiger partial charge on any atom is 0.193 e. The van der Waals surface area contributed by atoms with Crippen LogP contribution in [0.15, 0.2) is 4.99 Å². The van der Waals surface area contributed by atoms with Gasteiger partial charge in [-0.3, -0.25) is 4.99 Å². The van der Waals surface area contributed by atoms with E-state index in [0.29, 0.717) is 5.92 Å². The van der Waals surface area contributed by atoms with Gasteiger partial charge < -0.3 is 19.7 Å². The van der Waals surface area contributed by atoms with E-state index >= 15 is 0 Å². The molecule has 1 aliphatic heterocycles. The summed E-state index contributed by atoms with van der Waals surface area (Å²) in [4.78, 5) is 6.58. The standard InChI is InChI=1S/C12H25N3O2/c1-4-17-8-6-14-12(13-2)15-7-5-11(9-15)10-16-3/h11H,4-10H2,1-3H3,(H,13,14). The zero-order valence-electron chi connectivity index (χ0n) is 11.2. The van der Waals surface area contributed by atoms with Crippen LogP contribution in [0.5, 0.6) is 0 Å². The lowest BCUT2D eigenvalue weighted by Gasteiger charge is -2.21. The summed E-state index contributed by atoms with van der Waals surface area (Å²) >= 11 is 0. The van der Waals surface area contributed by atoms with Crippen molar-refractivity contribution in [1.29, 1.82) is 0 Å². The van der Waals surface area contributed by atoms with Crippen LogP contribution < -0.4 is 5.32 Å². The summed E-state index contributed by atoms with van der Waals surface area (Å²) in [5.41, 5.74) is 0. The quantitative estimate of drug-likeness (QED) is 0.421. The topological polar surface area (TPSA) is 46.1 Å². The Labute approximate surface area is 104 Å². The molecule has 1 rings (SSSR count). The largest absolute Gasteiger partial charge is 0.384 e. The fourth-order valence-electron chi connectivity index (χ4n) is 2.11. The molecule has 1 atom stereocenters. The third-order valence-corrected chi connectivity index (χ3v) is 2.93. The van der Waals surface area contributed by atoms with E-state index in [1.54, 1.807) is 7.11 Å². The van der Waals surface area contributed by atoms with Crippen molar-refractivity contribution in [3.05, 3.63) is 0 Å². The van der Waals surface area contributed by atoms with Crippen molar-refractivity contribution in [2.24, 2.45) is 10.9 Å². The van der Waals surface area contributed by atoms with Gasteiger partial charge in [-0.05, 0) is 13.3 Å². The lowest BCUT2D eigenvalue weighted by Crippen LogP contribution is -2.41. The molecule has 0 aromatic rings. The molecule has 1 saturated heterocycles. The number of nitrogens with zero attached hydrogens (tertiary/aromatic N) is 2. The predicted molar refractivity (Wildman–Crippen MR) is 69.4 cm³/mol. The van der Waals surface area contributed by atoms with Crippen molar-refractivity contribution in [1.82, 2.24) is 10.2 Å². The molecule has 0 bridgehead atoms. The van der Waals surface area contributed by atoms with Gasteiger partial charge in [0.05, 0.1) is 13.2 Å². The Bertz CT molecular complexity index is 234. The Hall–Kier alpha value is -0.810. The van der Waals surface area contributed by atoms with Crippen LogP contribution in [-0.4, -0.2) is 64.5 Å². The highest BCUT2D eigenvalue weighted by Gasteiger charge is 2.24. The number of methoxy groups -OCH3 is 1. The number of aliphatic imine (C=N–C) groups is 1. The highest BCUT2D eigenvalue weighted by Crippen LogP contribution is 2.16. The van der Waals surface area contributed by atoms with Crippen molar-refractivity contribution >= 4 is 5.96 Å². The molecule has 1 fully saturated rings. The molecule has 1 N–H and O–H groups in total. The first-order chi connectivity index (χ1) is 8.31. The van der Waals surface area contributed by atoms with E-state index in [2.05, 4.69) is 15.2 Å². The number of guanidine groups is 1. The van der Waals surface area contributed by atoms with E-state index in [0.717, 1.165) is 45.4 Å². The molecule has 0 aliphatic carbocycles. The average molecular weight is 243 g/mol. The molecule has 0 radical (unpaired) electrons. The zero-order valence-corrected chi connectivity index (χ0v) is 11.2. The van der Waals surface area contributed by atoms with Crippen LogP contribution in [0.25, 0.3) is 0 Å². The normalized spacial score (nSPS) is 21.0. The summed E-state index contributed by atoms with van der Waals surface area (Å²) in [6.07, 6.45) is 1.18. The fraction of sp³-hybridized carbons (Fsp3) is 0.917. The Morgan fingerprint density at radius 3 is 3.00 bits per heavy atom. The second-order valence-electron chi connectivity index (χ2n) is 4.23. The molecule has 0 saturated carbocycles. The SMILES string of the molecule is CCOCCNC(=NC)N1CCC(COC)C1. The van der Waals surface area contributed by atoms with Crippen LogP contribution in [0.4, 0.5) is 0 Å². The lowest BCUT2D eigenvalue weighted by atomic mass is 10.1. The van der Waals surface area contributed by atoms with Crippen molar-refractivity contribution in [3.8, 4) is 0 Å². The summed E-state index contributed by atoms with van der Waals surface area (Å²) in [5, 5.41) is 3.32. The van der Waals surface area contributed by atoms with Crippen LogP contribution >= 0.6 is 0 Å². The van der Waals surface area contributed by atoms with Gasteiger partial charge in [0, 0.05) is 46.3 Å². The molecule has 5 heteroatoms. The molecule has 0 amide bonds. The van der Waals surface area contributed by atoms with E-state index in [-0.39, 0.29) is 0 Å². The highest BCUT2D eigenvalue weighted by atomic mass is 16.5. The van der Waals surface area contributed by atoms with Crippen LogP contribution in [0.3, 0.4) is 0 Å². The first kappa shape index (κ1) is 14.3. The summed E-state index contributed by atoms with van der Waals surface area (Å²) < 4.78 is 10.5. The first-order valence-electron chi connectivity index (χ1n) is 6.34. The number of hydrogen-bond acceptors (Lipinski definition) is 3. The van der Waals surface area contributed by atoms with E-state index < -0.39 is 0 Å². The molecule has 1 unspecified atom stereocenters. The zero-order chi connectivity index (χ0) is 12.5. The minimum absolute atomic E-state index is 0.630. The van der Waals surface area contributed by atoms with Crippen LogP contribution in [0, 0.1) is 5.92 Å². The first-order valence-corrected chi connectivity index (χ1v) is 6.34. The van der Waals surface area contributed by atoms with Gasteiger partial charge in [-0.2, -0.15) is 0 Å². The Kier molecular flexibility index (Phi) is 6.96. The van der Waals surface area contributed by atoms with E-state index in [4.69, 9.17) is 9.47 Å². The summed E-state index contributed by atoms with van der Waals surface area (Å²) in [7, 11) is 3.59. The summed E-state index contributed by atoms with van der Waals surface area (Å²) in [6, 6.07) is 0. The molecular formula is C12H25N3O2. The van der Waals surface area contributed by atoms with Gasteiger partial charge >= 0.3 is 0 Å². The Balaban J connectivity index is 2.27. The molecule has 1 heterocycles. The average Bonchev–Trinajstić information content (AvgIpc) is 2.78.